The van der Waals surface area contributed by atoms with Crippen molar-refractivity contribution in [2.75, 3.05) is 26.2 Å². The van der Waals surface area contributed by atoms with E-state index in [-0.39, 0.29) is 11.8 Å². The third kappa shape index (κ3) is 3.52. The summed E-state index contributed by atoms with van der Waals surface area (Å²) in [6.45, 7) is 6.40. The fourth-order valence-corrected chi connectivity index (χ4v) is 4.82. The molecule has 0 bridgehead atoms. The highest BCUT2D eigenvalue weighted by Crippen LogP contribution is 2.30. The molecule has 0 radical (unpaired) electrons. The van der Waals surface area contributed by atoms with Gasteiger partial charge in [-0.25, -0.2) is 0 Å². The van der Waals surface area contributed by atoms with E-state index in [1.165, 1.54) is 11.3 Å². The van der Waals surface area contributed by atoms with Gasteiger partial charge in [0.1, 0.15) is 4.83 Å². The Kier molecular flexibility index (Phi) is 5.12. The highest BCUT2D eigenvalue weighted by Gasteiger charge is 2.25. The summed E-state index contributed by atoms with van der Waals surface area (Å²) in [4.78, 5) is 29.7. The van der Waals surface area contributed by atoms with Gasteiger partial charge in [-0.05, 0) is 24.6 Å². The van der Waals surface area contributed by atoms with Crippen molar-refractivity contribution in [1.82, 2.24) is 19.6 Å². The molecule has 1 saturated heterocycles. The summed E-state index contributed by atoms with van der Waals surface area (Å²) in [6.07, 6.45) is 0. The number of benzene rings is 1. The highest BCUT2D eigenvalue weighted by atomic mass is 35.5. The van der Waals surface area contributed by atoms with Crippen LogP contribution in [0.3, 0.4) is 0 Å². The first-order valence-electron chi connectivity index (χ1n) is 9.19. The fourth-order valence-electron chi connectivity index (χ4n) is 3.49. The quantitative estimate of drug-likeness (QED) is 0.657. The van der Waals surface area contributed by atoms with E-state index in [4.69, 9.17) is 11.6 Å². The predicted molar refractivity (Wildman–Crippen MR) is 111 cm³/mol. The van der Waals surface area contributed by atoms with Crippen LogP contribution in [0.4, 0.5) is 0 Å². The van der Waals surface area contributed by atoms with Crippen LogP contribution in [-0.2, 0) is 11.3 Å². The van der Waals surface area contributed by atoms with Gasteiger partial charge in [0.25, 0.3) is 5.91 Å². The molecule has 0 saturated carbocycles. The minimum atomic E-state index is 0.0214. The van der Waals surface area contributed by atoms with Crippen LogP contribution in [0.5, 0.6) is 0 Å². The Labute approximate surface area is 172 Å². The minimum Gasteiger partial charge on any atom is -0.339 e. The molecule has 8 heteroatoms. The third-order valence-corrected chi connectivity index (χ3v) is 6.61. The molecule has 2 amide bonds. The van der Waals surface area contributed by atoms with Crippen LogP contribution >= 0.6 is 22.9 Å². The second-order valence-electron chi connectivity index (χ2n) is 6.96. The zero-order chi connectivity index (χ0) is 19.8. The normalized spacial score (nSPS) is 14.7. The number of rotatable bonds is 3. The molecule has 28 heavy (non-hydrogen) atoms. The fraction of sp³-hybridized carbons (Fsp3) is 0.350. The Morgan fingerprint density at radius 3 is 2.50 bits per heavy atom. The standard InChI is InChI=1S/C20H21ClN4O2S/c1-13-16-11-18(19(27)24-9-7-23(8-10-24)14(2)26)28-20(16)25(22-13)12-15-5-3-4-6-17(15)21/h3-6,11H,7-10,12H2,1-2H3. The minimum absolute atomic E-state index is 0.0214. The maximum atomic E-state index is 13.0. The van der Waals surface area contributed by atoms with Crippen LogP contribution in [-0.4, -0.2) is 57.6 Å². The van der Waals surface area contributed by atoms with Crippen molar-refractivity contribution < 1.29 is 9.59 Å². The van der Waals surface area contributed by atoms with E-state index in [9.17, 15) is 9.59 Å². The number of aromatic nitrogens is 2. The second kappa shape index (κ2) is 7.56. The summed E-state index contributed by atoms with van der Waals surface area (Å²) in [7, 11) is 0. The topological polar surface area (TPSA) is 58.4 Å². The Morgan fingerprint density at radius 1 is 1.14 bits per heavy atom. The predicted octanol–water partition coefficient (Wildman–Crippen LogP) is 3.41. The first kappa shape index (κ1) is 19.0. The van der Waals surface area contributed by atoms with Crippen molar-refractivity contribution >= 4 is 45.0 Å². The van der Waals surface area contributed by atoms with Gasteiger partial charge in [-0.1, -0.05) is 29.8 Å². The van der Waals surface area contributed by atoms with Crippen molar-refractivity contribution in [2.45, 2.75) is 20.4 Å². The number of fused-ring (bicyclic) bond motifs is 1. The van der Waals surface area contributed by atoms with Gasteiger partial charge < -0.3 is 9.80 Å². The molecule has 146 valence electrons. The number of piperazine rings is 1. The summed E-state index contributed by atoms with van der Waals surface area (Å²) in [6, 6.07) is 9.65. The second-order valence-corrected chi connectivity index (χ2v) is 8.40. The average Bonchev–Trinajstić information content (AvgIpc) is 3.24. The molecule has 0 aliphatic carbocycles. The SMILES string of the molecule is CC(=O)N1CCN(C(=O)c2cc3c(C)nn(Cc4ccccc4Cl)c3s2)CC1. The van der Waals surface area contributed by atoms with Crippen LogP contribution in [0.15, 0.2) is 30.3 Å². The Morgan fingerprint density at radius 2 is 1.82 bits per heavy atom. The number of halogens is 1. The molecular weight excluding hydrogens is 396 g/mol. The summed E-state index contributed by atoms with van der Waals surface area (Å²) < 4.78 is 1.92. The van der Waals surface area contributed by atoms with E-state index in [1.54, 1.807) is 11.8 Å². The molecule has 0 unspecified atom stereocenters. The molecular formula is C20H21ClN4O2S. The van der Waals surface area contributed by atoms with Gasteiger partial charge in [0.05, 0.1) is 17.1 Å². The van der Waals surface area contributed by atoms with Crippen LogP contribution in [0.2, 0.25) is 5.02 Å². The zero-order valence-electron chi connectivity index (χ0n) is 15.8. The number of carbonyl (C=O) groups is 2. The summed E-state index contributed by atoms with van der Waals surface area (Å²) in [5, 5.41) is 6.34. The van der Waals surface area contributed by atoms with E-state index in [2.05, 4.69) is 5.10 Å². The molecule has 0 N–H and O–H groups in total. The van der Waals surface area contributed by atoms with E-state index < -0.39 is 0 Å². The number of thiophene rings is 1. The maximum Gasteiger partial charge on any atom is 0.264 e. The van der Waals surface area contributed by atoms with Gasteiger partial charge in [-0.2, -0.15) is 5.10 Å². The van der Waals surface area contributed by atoms with Crippen molar-refractivity contribution in [1.29, 1.82) is 0 Å². The number of nitrogens with zero attached hydrogens (tertiary/aromatic N) is 4. The van der Waals surface area contributed by atoms with Crippen molar-refractivity contribution in [3.8, 4) is 0 Å². The molecule has 1 aromatic carbocycles. The summed E-state index contributed by atoms with van der Waals surface area (Å²) in [5.41, 5.74) is 1.90. The van der Waals surface area contributed by atoms with Gasteiger partial charge in [-0.3, -0.25) is 14.3 Å². The maximum absolute atomic E-state index is 13.0. The first-order valence-corrected chi connectivity index (χ1v) is 10.4. The van der Waals surface area contributed by atoms with E-state index in [1.807, 2.05) is 46.8 Å². The number of hydrogen-bond acceptors (Lipinski definition) is 4. The van der Waals surface area contributed by atoms with Gasteiger partial charge in [0.15, 0.2) is 0 Å². The lowest BCUT2D eigenvalue weighted by Crippen LogP contribution is -2.49. The Hall–Kier alpha value is -2.38. The van der Waals surface area contributed by atoms with Crippen molar-refractivity contribution in [2.24, 2.45) is 0 Å². The number of amides is 2. The molecule has 6 nitrogen and oxygen atoms in total. The molecule has 3 aromatic rings. The molecule has 2 aromatic heterocycles. The zero-order valence-corrected chi connectivity index (χ0v) is 17.4. The Bertz CT molecular complexity index is 1050. The van der Waals surface area contributed by atoms with Crippen LogP contribution in [0, 0.1) is 6.92 Å². The number of aryl methyl sites for hydroxylation is 1. The van der Waals surface area contributed by atoms with Crippen LogP contribution in [0.1, 0.15) is 27.9 Å². The van der Waals surface area contributed by atoms with E-state index in [0.29, 0.717) is 42.6 Å². The lowest BCUT2D eigenvalue weighted by atomic mass is 10.2. The van der Waals surface area contributed by atoms with Gasteiger partial charge >= 0.3 is 0 Å². The largest absolute Gasteiger partial charge is 0.339 e. The molecule has 1 aliphatic heterocycles. The number of hydrogen-bond donors (Lipinski definition) is 0. The average molecular weight is 417 g/mol. The van der Waals surface area contributed by atoms with E-state index in [0.717, 1.165) is 21.5 Å². The molecule has 4 rings (SSSR count). The lowest BCUT2D eigenvalue weighted by molar-refractivity contribution is -0.130. The molecule has 1 aliphatic rings. The van der Waals surface area contributed by atoms with Crippen LogP contribution < -0.4 is 0 Å². The van der Waals surface area contributed by atoms with Gasteiger partial charge in [-0.15, -0.1) is 11.3 Å². The summed E-state index contributed by atoms with van der Waals surface area (Å²) >= 11 is 7.76. The van der Waals surface area contributed by atoms with E-state index >= 15 is 0 Å². The highest BCUT2D eigenvalue weighted by molar-refractivity contribution is 7.20. The molecule has 3 heterocycles. The molecule has 1 fully saturated rings. The first-order chi connectivity index (χ1) is 13.4. The lowest BCUT2D eigenvalue weighted by Gasteiger charge is -2.33. The van der Waals surface area contributed by atoms with Gasteiger partial charge in [0.2, 0.25) is 5.91 Å². The summed E-state index contributed by atoms with van der Waals surface area (Å²) in [5.74, 6) is 0.0809. The third-order valence-electron chi connectivity index (χ3n) is 5.11. The van der Waals surface area contributed by atoms with Gasteiger partial charge in [0, 0.05) is 43.5 Å². The Balaban J connectivity index is 1.57. The monoisotopic (exact) mass is 416 g/mol. The smallest absolute Gasteiger partial charge is 0.264 e. The molecule has 0 spiro atoms. The molecule has 0 atom stereocenters. The van der Waals surface area contributed by atoms with Crippen molar-refractivity contribution in [3.05, 3.63) is 51.5 Å². The van der Waals surface area contributed by atoms with Crippen LogP contribution in [0.25, 0.3) is 10.2 Å². The van der Waals surface area contributed by atoms with Crippen molar-refractivity contribution in [3.63, 3.8) is 0 Å². The number of carbonyl (C=O) groups excluding carboxylic acids is 2.